The molecule has 2 atom stereocenters. The molecule has 2 aromatic rings. The van der Waals surface area contributed by atoms with Crippen LogP contribution >= 0.6 is 0 Å². The van der Waals surface area contributed by atoms with E-state index >= 15 is 0 Å². The van der Waals surface area contributed by atoms with Gasteiger partial charge >= 0.3 is 6.18 Å². The van der Waals surface area contributed by atoms with Crippen LogP contribution in [0.3, 0.4) is 0 Å². The molecule has 2 aromatic carbocycles. The molecule has 4 heteroatoms. The molecule has 0 radical (unpaired) electrons. The van der Waals surface area contributed by atoms with Crippen molar-refractivity contribution in [2.45, 2.75) is 38.5 Å². The average Bonchev–Trinajstić information content (AvgIpc) is 2.35. The molecule has 1 nitrogen and oxygen atoms in total. The van der Waals surface area contributed by atoms with Gasteiger partial charge in [-0.05, 0) is 36.2 Å². The molecule has 0 amide bonds. The van der Waals surface area contributed by atoms with Gasteiger partial charge in [0.25, 0.3) is 0 Å². The highest BCUT2D eigenvalue weighted by molar-refractivity contribution is 5.83. The Balaban J connectivity index is 2.09. The summed E-state index contributed by atoms with van der Waals surface area (Å²) in [5.74, 6) is 0. The van der Waals surface area contributed by atoms with E-state index in [-0.39, 0.29) is 6.04 Å². The Hall–Kier alpha value is -1.55. The summed E-state index contributed by atoms with van der Waals surface area (Å²) >= 11 is 0. The highest BCUT2D eigenvalue weighted by Crippen LogP contribution is 2.24. The number of nitrogens with one attached hydrogen (secondary N) is 1. The molecule has 108 valence electrons. The third-order valence-electron chi connectivity index (χ3n) is 3.35. The van der Waals surface area contributed by atoms with Crippen LogP contribution in [0.5, 0.6) is 0 Å². The molecule has 0 saturated carbocycles. The zero-order chi connectivity index (χ0) is 14.8. The minimum Gasteiger partial charge on any atom is -0.307 e. The summed E-state index contributed by atoms with van der Waals surface area (Å²) in [6.07, 6.45) is -4.94. The quantitative estimate of drug-likeness (QED) is 0.846. The monoisotopic (exact) mass is 281 g/mol. The van der Waals surface area contributed by atoms with Crippen LogP contribution in [0.1, 0.15) is 31.9 Å². The molecule has 0 heterocycles. The summed E-state index contributed by atoms with van der Waals surface area (Å²) in [7, 11) is 0. The Kier molecular flexibility index (Phi) is 4.33. The van der Waals surface area contributed by atoms with Gasteiger partial charge in [-0.1, -0.05) is 36.4 Å². The lowest BCUT2D eigenvalue weighted by Gasteiger charge is -2.21. The molecule has 2 rings (SSSR count). The summed E-state index contributed by atoms with van der Waals surface area (Å²) < 4.78 is 37.0. The second-order valence-electron chi connectivity index (χ2n) is 5.22. The molecular weight excluding hydrogens is 263 g/mol. The zero-order valence-electron chi connectivity index (χ0n) is 11.5. The van der Waals surface area contributed by atoms with E-state index in [9.17, 15) is 13.2 Å². The van der Waals surface area contributed by atoms with E-state index in [1.54, 1.807) is 6.92 Å². The van der Waals surface area contributed by atoms with Crippen molar-refractivity contribution in [1.82, 2.24) is 5.32 Å². The zero-order valence-corrected chi connectivity index (χ0v) is 11.5. The predicted molar refractivity (Wildman–Crippen MR) is 75.6 cm³/mol. The number of alkyl halides is 3. The normalized spacial score (nSPS) is 15.2. The maximum absolute atomic E-state index is 12.3. The average molecular weight is 281 g/mol. The van der Waals surface area contributed by atoms with Crippen LogP contribution in [0.25, 0.3) is 10.8 Å². The number of hydrogen-bond acceptors (Lipinski definition) is 1. The van der Waals surface area contributed by atoms with Gasteiger partial charge in [0.2, 0.25) is 0 Å². The molecule has 1 N–H and O–H groups in total. The standard InChI is InChI=1S/C16H18F3N/c1-11(10-16(17,18)19)20-12(2)14-8-7-13-5-3-4-6-15(13)9-14/h3-9,11-12,20H,10H2,1-2H3. The Morgan fingerprint density at radius 2 is 1.65 bits per heavy atom. The van der Waals surface area contributed by atoms with Gasteiger partial charge in [-0.3, -0.25) is 0 Å². The van der Waals surface area contributed by atoms with Crippen molar-refractivity contribution >= 4 is 10.8 Å². The lowest BCUT2D eigenvalue weighted by Crippen LogP contribution is -2.33. The minimum atomic E-state index is -4.13. The second-order valence-corrected chi connectivity index (χ2v) is 5.22. The highest BCUT2D eigenvalue weighted by atomic mass is 19.4. The van der Waals surface area contributed by atoms with E-state index in [2.05, 4.69) is 5.32 Å². The van der Waals surface area contributed by atoms with Crippen molar-refractivity contribution in [3.63, 3.8) is 0 Å². The van der Waals surface area contributed by atoms with Crippen LogP contribution in [0.15, 0.2) is 42.5 Å². The van der Waals surface area contributed by atoms with E-state index in [0.29, 0.717) is 0 Å². The van der Waals surface area contributed by atoms with Crippen LogP contribution < -0.4 is 5.32 Å². The molecule has 0 saturated heterocycles. The first-order valence-electron chi connectivity index (χ1n) is 6.66. The van der Waals surface area contributed by atoms with Crippen molar-refractivity contribution in [2.24, 2.45) is 0 Å². The third-order valence-corrected chi connectivity index (χ3v) is 3.35. The Morgan fingerprint density at radius 3 is 2.30 bits per heavy atom. The van der Waals surface area contributed by atoms with Gasteiger partial charge in [0.05, 0.1) is 6.42 Å². The van der Waals surface area contributed by atoms with Crippen LogP contribution in [-0.2, 0) is 0 Å². The molecule has 0 fully saturated rings. The highest BCUT2D eigenvalue weighted by Gasteiger charge is 2.30. The lowest BCUT2D eigenvalue weighted by atomic mass is 10.0. The van der Waals surface area contributed by atoms with Gasteiger partial charge in [0.1, 0.15) is 0 Å². The third kappa shape index (κ3) is 3.97. The van der Waals surface area contributed by atoms with Crippen molar-refractivity contribution < 1.29 is 13.2 Å². The smallest absolute Gasteiger partial charge is 0.307 e. The number of benzene rings is 2. The maximum atomic E-state index is 12.3. The summed E-state index contributed by atoms with van der Waals surface area (Å²) in [4.78, 5) is 0. The van der Waals surface area contributed by atoms with E-state index in [1.807, 2.05) is 49.4 Å². The fourth-order valence-electron chi connectivity index (χ4n) is 2.41. The summed E-state index contributed by atoms with van der Waals surface area (Å²) in [6, 6.07) is 13.2. The lowest BCUT2D eigenvalue weighted by molar-refractivity contribution is -0.139. The van der Waals surface area contributed by atoms with Gasteiger partial charge in [0.15, 0.2) is 0 Å². The number of rotatable bonds is 4. The molecule has 0 aliphatic rings. The van der Waals surface area contributed by atoms with E-state index in [0.717, 1.165) is 16.3 Å². The first-order valence-corrected chi connectivity index (χ1v) is 6.66. The van der Waals surface area contributed by atoms with Crippen molar-refractivity contribution in [3.05, 3.63) is 48.0 Å². The molecular formula is C16H18F3N. The van der Waals surface area contributed by atoms with Gasteiger partial charge in [-0.2, -0.15) is 13.2 Å². The molecule has 0 aliphatic carbocycles. The van der Waals surface area contributed by atoms with E-state index < -0.39 is 18.6 Å². The van der Waals surface area contributed by atoms with Crippen LogP contribution in [0.4, 0.5) is 13.2 Å². The Labute approximate surface area is 116 Å². The Morgan fingerprint density at radius 1 is 1.00 bits per heavy atom. The Bertz CT molecular complexity index is 577. The van der Waals surface area contributed by atoms with Gasteiger partial charge in [-0.25, -0.2) is 0 Å². The first kappa shape index (κ1) is 14.9. The van der Waals surface area contributed by atoms with Crippen molar-refractivity contribution in [2.75, 3.05) is 0 Å². The van der Waals surface area contributed by atoms with Crippen molar-refractivity contribution in [1.29, 1.82) is 0 Å². The SMILES string of the molecule is CC(CC(F)(F)F)NC(C)c1ccc2ccccc2c1. The van der Waals surface area contributed by atoms with Crippen molar-refractivity contribution in [3.8, 4) is 0 Å². The number of halogens is 3. The second kappa shape index (κ2) is 5.83. The van der Waals surface area contributed by atoms with Gasteiger partial charge in [0, 0.05) is 12.1 Å². The molecule has 0 bridgehead atoms. The molecule has 20 heavy (non-hydrogen) atoms. The number of fused-ring (bicyclic) bond motifs is 1. The van der Waals surface area contributed by atoms with Crippen LogP contribution in [0.2, 0.25) is 0 Å². The predicted octanol–water partition coefficient (Wildman–Crippen LogP) is 4.83. The van der Waals surface area contributed by atoms with Crippen LogP contribution in [-0.4, -0.2) is 12.2 Å². The molecule has 0 aliphatic heterocycles. The minimum absolute atomic E-state index is 0.114. The fraction of sp³-hybridized carbons (Fsp3) is 0.375. The van der Waals surface area contributed by atoms with E-state index in [4.69, 9.17) is 0 Å². The molecule has 0 aromatic heterocycles. The topological polar surface area (TPSA) is 12.0 Å². The van der Waals surface area contributed by atoms with Gasteiger partial charge < -0.3 is 5.32 Å². The molecule has 2 unspecified atom stereocenters. The van der Waals surface area contributed by atoms with Gasteiger partial charge in [-0.15, -0.1) is 0 Å². The summed E-state index contributed by atoms with van der Waals surface area (Å²) in [6.45, 7) is 3.45. The largest absolute Gasteiger partial charge is 0.390 e. The fourth-order valence-corrected chi connectivity index (χ4v) is 2.41. The summed E-state index contributed by atoms with van der Waals surface area (Å²) in [5.41, 5.74) is 0.998. The first-order chi connectivity index (χ1) is 9.35. The van der Waals surface area contributed by atoms with E-state index in [1.165, 1.54) is 0 Å². The van der Waals surface area contributed by atoms with Crippen LogP contribution in [0, 0.1) is 0 Å². The molecule has 0 spiro atoms. The number of hydrogen-bond donors (Lipinski definition) is 1. The maximum Gasteiger partial charge on any atom is 0.390 e. The summed E-state index contributed by atoms with van der Waals surface area (Å²) in [5, 5.41) is 5.23.